The fraction of sp³-hybridized carbons (Fsp3) is 0.200. The van der Waals surface area contributed by atoms with Crippen LogP contribution in [0.1, 0.15) is 0 Å². The first-order valence-electron chi connectivity index (χ1n) is 2.73. The molecule has 0 fully saturated rings. The van der Waals surface area contributed by atoms with Crippen LogP contribution < -0.4 is 5.84 Å². The summed E-state index contributed by atoms with van der Waals surface area (Å²) in [6.45, 7) is 3.57. The van der Waals surface area contributed by atoms with Crippen molar-refractivity contribution in [2.45, 2.75) is 5.16 Å². The van der Waals surface area contributed by atoms with E-state index in [1.165, 1.54) is 22.8 Å². The van der Waals surface area contributed by atoms with Crippen molar-refractivity contribution >= 4 is 11.8 Å². The number of hydrogen-bond acceptors (Lipinski definition) is 4. The fourth-order valence-corrected chi connectivity index (χ4v) is 1.04. The molecule has 10 heavy (non-hydrogen) atoms. The van der Waals surface area contributed by atoms with E-state index in [4.69, 9.17) is 5.84 Å². The predicted molar refractivity (Wildman–Crippen MR) is 41.1 cm³/mol. The molecule has 0 aliphatic carbocycles. The molecule has 0 aromatic carbocycles. The Labute approximate surface area is 63.1 Å². The third-order valence-corrected chi connectivity index (χ3v) is 1.82. The molecule has 54 valence electrons. The molecule has 4 nitrogen and oxygen atoms in total. The van der Waals surface area contributed by atoms with Gasteiger partial charge in [0.2, 0.25) is 5.16 Å². The molecule has 0 amide bonds. The van der Waals surface area contributed by atoms with Crippen LogP contribution in [0.2, 0.25) is 0 Å². The van der Waals surface area contributed by atoms with Crippen LogP contribution in [-0.2, 0) is 0 Å². The molecule has 0 aliphatic rings. The van der Waals surface area contributed by atoms with Gasteiger partial charge in [0, 0.05) is 5.75 Å². The minimum Gasteiger partial charge on any atom is -0.336 e. The van der Waals surface area contributed by atoms with Gasteiger partial charge in [0.1, 0.15) is 6.33 Å². The van der Waals surface area contributed by atoms with Crippen molar-refractivity contribution in [1.82, 2.24) is 14.9 Å². The van der Waals surface area contributed by atoms with E-state index in [1.54, 1.807) is 6.08 Å². The molecule has 0 bridgehead atoms. The fourth-order valence-electron chi connectivity index (χ4n) is 0.469. The maximum absolute atomic E-state index is 5.42. The Morgan fingerprint density at radius 2 is 2.70 bits per heavy atom. The number of thioether (sulfide) groups is 1. The summed E-state index contributed by atoms with van der Waals surface area (Å²) in [5, 5.41) is 8.07. The van der Waals surface area contributed by atoms with Crippen LogP contribution >= 0.6 is 11.8 Å². The van der Waals surface area contributed by atoms with E-state index in [0.29, 0.717) is 5.16 Å². The van der Waals surface area contributed by atoms with Gasteiger partial charge in [-0.15, -0.1) is 16.8 Å². The van der Waals surface area contributed by atoms with Gasteiger partial charge in [-0.3, -0.25) is 0 Å². The lowest BCUT2D eigenvalue weighted by Gasteiger charge is -1.94. The monoisotopic (exact) mass is 156 g/mol. The summed E-state index contributed by atoms with van der Waals surface area (Å²) in [6.07, 6.45) is 3.25. The zero-order valence-electron chi connectivity index (χ0n) is 5.40. The highest BCUT2D eigenvalue weighted by atomic mass is 32.2. The standard InChI is InChI=1S/C5H8N4S/c1-2-3-10-5-8-7-4-9(5)6/h2,4H,1,3,6H2. The molecular weight excluding hydrogens is 148 g/mol. The van der Waals surface area contributed by atoms with Gasteiger partial charge < -0.3 is 5.84 Å². The van der Waals surface area contributed by atoms with Gasteiger partial charge in [0.05, 0.1) is 0 Å². The van der Waals surface area contributed by atoms with Gasteiger partial charge in [-0.2, -0.15) is 0 Å². The lowest BCUT2D eigenvalue weighted by Crippen LogP contribution is -2.07. The Balaban J connectivity index is 2.56. The summed E-state index contributed by atoms with van der Waals surface area (Å²) in [7, 11) is 0. The molecule has 2 N–H and O–H groups in total. The quantitative estimate of drug-likeness (QED) is 0.388. The van der Waals surface area contributed by atoms with E-state index < -0.39 is 0 Å². The van der Waals surface area contributed by atoms with Crippen molar-refractivity contribution in [2.75, 3.05) is 11.6 Å². The van der Waals surface area contributed by atoms with Crippen molar-refractivity contribution in [3.05, 3.63) is 19.0 Å². The topological polar surface area (TPSA) is 56.7 Å². The molecule has 0 radical (unpaired) electrons. The third-order valence-electron chi connectivity index (χ3n) is 0.870. The Kier molecular flexibility index (Phi) is 2.33. The third kappa shape index (κ3) is 1.51. The number of nitrogens with zero attached hydrogens (tertiary/aromatic N) is 3. The van der Waals surface area contributed by atoms with Crippen molar-refractivity contribution in [1.29, 1.82) is 0 Å². The maximum Gasteiger partial charge on any atom is 0.209 e. The first-order chi connectivity index (χ1) is 4.84. The molecule has 1 rings (SSSR count). The zero-order chi connectivity index (χ0) is 7.40. The lowest BCUT2D eigenvalue weighted by molar-refractivity contribution is 0.847. The largest absolute Gasteiger partial charge is 0.336 e. The highest BCUT2D eigenvalue weighted by Crippen LogP contribution is 2.11. The van der Waals surface area contributed by atoms with Crippen LogP contribution in [0, 0.1) is 0 Å². The maximum atomic E-state index is 5.42. The lowest BCUT2D eigenvalue weighted by atomic mass is 10.8. The van der Waals surface area contributed by atoms with Crippen molar-refractivity contribution in [3.63, 3.8) is 0 Å². The minimum absolute atomic E-state index is 0.708. The highest BCUT2D eigenvalue weighted by molar-refractivity contribution is 7.99. The normalized spacial score (nSPS) is 9.60. The molecule has 0 spiro atoms. The van der Waals surface area contributed by atoms with Gasteiger partial charge in [-0.05, 0) is 0 Å². The summed E-state index contributed by atoms with van der Waals surface area (Å²) in [5.74, 6) is 6.22. The van der Waals surface area contributed by atoms with E-state index in [9.17, 15) is 0 Å². The average molecular weight is 156 g/mol. The predicted octanol–water partition coefficient (Wildman–Crippen LogP) is 0.270. The number of hydrogen-bond donors (Lipinski definition) is 1. The van der Waals surface area contributed by atoms with E-state index in [2.05, 4.69) is 16.8 Å². The van der Waals surface area contributed by atoms with E-state index in [-0.39, 0.29) is 0 Å². The molecular formula is C5H8N4S. The van der Waals surface area contributed by atoms with Gasteiger partial charge in [-0.1, -0.05) is 17.8 Å². The molecule has 1 heterocycles. The summed E-state index contributed by atoms with van der Waals surface area (Å²) < 4.78 is 1.38. The molecule has 1 aromatic heterocycles. The molecule has 0 unspecified atom stereocenters. The second-order valence-corrected chi connectivity index (χ2v) is 2.61. The van der Waals surface area contributed by atoms with Crippen molar-refractivity contribution in [2.24, 2.45) is 0 Å². The number of nitrogen functional groups attached to an aromatic ring is 1. The summed E-state index contributed by atoms with van der Waals surface area (Å²) in [5.41, 5.74) is 0. The summed E-state index contributed by atoms with van der Waals surface area (Å²) >= 11 is 1.50. The second-order valence-electron chi connectivity index (χ2n) is 1.62. The Morgan fingerprint density at radius 1 is 1.90 bits per heavy atom. The van der Waals surface area contributed by atoms with Gasteiger partial charge >= 0.3 is 0 Å². The van der Waals surface area contributed by atoms with E-state index >= 15 is 0 Å². The molecule has 0 atom stereocenters. The molecule has 1 aromatic rings. The van der Waals surface area contributed by atoms with Gasteiger partial charge in [-0.25, -0.2) is 4.68 Å². The van der Waals surface area contributed by atoms with E-state index in [1.807, 2.05) is 0 Å². The Hall–Kier alpha value is -0.970. The highest BCUT2D eigenvalue weighted by Gasteiger charge is 1.97. The molecule has 0 saturated heterocycles. The number of nitrogens with two attached hydrogens (primary N) is 1. The zero-order valence-corrected chi connectivity index (χ0v) is 6.21. The van der Waals surface area contributed by atoms with Crippen LogP contribution in [0.4, 0.5) is 0 Å². The smallest absolute Gasteiger partial charge is 0.209 e. The van der Waals surface area contributed by atoms with Crippen LogP contribution in [0.15, 0.2) is 24.1 Å². The first kappa shape index (κ1) is 7.14. The Morgan fingerprint density at radius 3 is 3.20 bits per heavy atom. The second kappa shape index (κ2) is 3.26. The number of aromatic nitrogens is 3. The molecule has 5 heteroatoms. The summed E-state index contributed by atoms with van der Waals surface area (Å²) in [4.78, 5) is 0. The van der Waals surface area contributed by atoms with Gasteiger partial charge in [0.15, 0.2) is 0 Å². The molecule has 0 aliphatic heterocycles. The van der Waals surface area contributed by atoms with Crippen LogP contribution in [0.3, 0.4) is 0 Å². The Bertz CT molecular complexity index is 219. The first-order valence-corrected chi connectivity index (χ1v) is 3.72. The molecule has 0 saturated carbocycles. The average Bonchev–Trinajstić information content (AvgIpc) is 2.31. The van der Waals surface area contributed by atoms with Crippen LogP contribution in [0.5, 0.6) is 0 Å². The SMILES string of the molecule is C=CCSc1nncn1N. The van der Waals surface area contributed by atoms with Crippen molar-refractivity contribution < 1.29 is 0 Å². The van der Waals surface area contributed by atoms with Crippen LogP contribution in [-0.4, -0.2) is 20.6 Å². The summed E-state index contributed by atoms with van der Waals surface area (Å²) in [6, 6.07) is 0. The van der Waals surface area contributed by atoms with Gasteiger partial charge in [0.25, 0.3) is 0 Å². The number of rotatable bonds is 3. The van der Waals surface area contributed by atoms with E-state index in [0.717, 1.165) is 5.75 Å². The van der Waals surface area contributed by atoms with Crippen LogP contribution in [0.25, 0.3) is 0 Å². The minimum atomic E-state index is 0.708. The van der Waals surface area contributed by atoms with Crippen molar-refractivity contribution in [3.8, 4) is 0 Å².